The molecule has 0 aromatic carbocycles. The van der Waals surface area contributed by atoms with Crippen molar-refractivity contribution in [3.8, 4) is 0 Å². The van der Waals surface area contributed by atoms with E-state index in [1.165, 1.54) is 25.7 Å². The Hall–Kier alpha value is -0.280. The average molecular weight is 270 g/mol. The zero-order valence-corrected chi connectivity index (χ0v) is 11.3. The van der Waals surface area contributed by atoms with Gasteiger partial charge in [-0.2, -0.15) is 0 Å². The Morgan fingerprint density at radius 1 is 0.722 bits per heavy atom. The van der Waals surface area contributed by atoms with Crippen molar-refractivity contribution in [3.05, 3.63) is 0 Å². The zero-order valence-electron chi connectivity index (χ0n) is 11.3. The van der Waals surface area contributed by atoms with E-state index in [-0.39, 0.29) is 6.42 Å². The van der Waals surface area contributed by atoms with Crippen molar-refractivity contribution in [3.63, 3.8) is 0 Å². The van der Waals surface area contributed by atoms with Gasteiger partial charge in [0, 0.05) is 0 Å². The van der Waals surface area contributed by atoms with Gasteiger partial charge >= 0.3 is 0 Å². The summed E-state index contributed by atoms with van der Waals surface area (Å²) < 4.78 is 50.4. The maximum atomic E-state index is 13.1. The van der Waals surface area contributed by atoms with Gasteiger partial charge in [0.2, 0.25) is 0 Å². The van der Waals surface area contributed by atoms with Crippen molar-refractivity contribution in [1.29, 1.82) is 0 Å². The lowest BCUT2D eigenvalue weighted by Gasteiger charge is -2.15. The van der Waals surface area contributed by atoms with Crippen LogP contribution in [-0.4, -0.2) is 25.2 Å². The van der Waals surface area contributed by atoms with E-state index in [1.807, 2.05) is 0 Å². The third kappa shape index (κ3) is 8.76. The summed E-state index contributed by atoms with van der Waals surface area (Å²) >= 11 is 0. The van der Waals surface area contributed by atoms with Crippen molar-refractivity contribution in [2.75, 3.05) is 6.67 Å². The highest BCUT2D eigenvalue weighted by Gasteiger charge is 2.29. The molecule has 0 fully saturated rings. The summed E-state index contributed by atoms with van der Waals surface area (Å²) in [6.07, 6.45) is 1.90. The van der Waals surface area contributed by atoms with E-state index in [9.17, 15) is 17.6 Å². The summed E-state index contributed by atoms with van der Waals surface area (Å²) in [5.74, 6) is 0. The van der Waals surface area contributed by atoms with Gasteiger partial charge in [-0.3, -0.25) is 0 Å². The van der Waals surface area contributed by atoms with Gasteiger partial charge in [-0.25, -0.2) is 17.6 Å². The first-order valence-corrected chi connectivity index (χ1v) is 7.11. The van der Waals surface area contributed by atoms with E-state index in [1.54, 1.807) is 0 Å². The molecule has 0 heterocycles. The molecule has 0 nitrogen and oxygen atoms in total. The van der Waals surface area contributed by atoms with Crippen LogP contribution in [0.15, 0.2) is 0 Å². The second kappa shape index (κ2) is 11.8. The molecule has 0 aliphatic heterocycles. The minimum atomic E-state index is -2.31. The molecule has 0 radical (unpaired) electrons. The molecule has 0 N–H and O–H groups in total. The van der Waals surface area contributed by atoms with Crippen LogP contribution in [0.5, 0.6) is 0 Å². The fraction of sp³-hybridized carbons (Fsp3) is 1.00. The highest BCUT2D eigenvalue weighted by molar-refractivity contribution is 4.76. The second-order valence-electron chi connectivity index (χ2n) is 4.89. The molecule has 0 saturated heterocycles. The topological polar surface area (TPSA) is 0 Å². The van der Waals surface area contributed by atoms with Gasteiger partial charge in [-0.15, -0.1) is 0 Å². The fourth-order valence-corrected chi connectivity index (χ4v) is 1.94. The molecule has 0 rings (SSSR count). The minimum absolute atomic E-state index is 0.00343. The summed E-state index contributed by atoms with van der Waals surface area (Å²) in [5, 5.41) is 0. The zero-order chi connectivity index (χ0) is 13.8. The van der Waals surface area contributed by atoms with Crippen LogP contribution in [0.1, 0.15) is 64.7 Å². The van der Waals surface area contributed by atoms with Crippen LogP contribution in [0.2, 0.25) is 0 Å². The van der Waals surface area contributed by atoms with Gasteiger partial charge in [-0.05, 0) is 6.42 Å². The lowest BCUT2D eigenvalue weighted by molar-refractivity contribution is 0.0619. The third-order valence-electron chi connectivity index (χ3n) is 3.17. The summed E-state index contributed by atoms with van der Waals surface area (Å²) in [5.41, 5.74) is 0. The van der Waals surface area contributed by atoms with Crippen LogP contribution in [0.4, 0.5) is 17.6 Å². The molecule has 0 aromatic heterocycles. The molecule has 3 unspecified atom stereocenters. The standard InChI is InChI=1S/C14H26F4/c1-2-3-4-5-6-7-8-9-10-12(16)14(18)13(17)11-15/h12-14H,2-11H2,1H3. The number of hydrogen-bond donors (Lipinski definition) is 0. The molecule has 0 aliphatic rings. The predicted octanol–water partition coefficient (Wildman–Crippen LogP) is 5.50. The van der Waals surface area contributed by atoms with Crippen molar-refractivity contribution < 1.29 is 17.6 Å². The summed E-state index contributed by atoms with van der Waals surface area (Å²) in [7, 11) is 0. The van der Waals surface area contributed by atoms with Gasteiger partial charge in [0.05, 0.1) is 0 Å². The average Bonchev–Trinajstić information content (AvgIpc) is 2.39. The van der Waals surface area contributed by atoms with Crippen molar-refractivity contribution in [1.82, 2.24) is 0 Å². The van der Waals surface area contributed by atoms with Crippen molar-refractivity contribution in [2.24, 2.45) is 0 Å². The molecule has 3 atom stereocenters. The first-order chi connectivity index (χ1) is 8.63. The quantitative estimate of drug-likeness (QED) is 0.324. The SMILES string of the molecule is CCCCCCCCCCC(F)C(F)C(F)CF. The van der Waals surface area contributed by atoms with Crippen LogP contribution in [0.3, 0.4) is 0 Å². The van der Waals surface area contributed by atoms with Crippen LogP contribution >= 0.6 is 0 Å². The second-order valence-corrected chi connectivity index (χ2v) is 4.89. The summed E-state index contributed by atoms with van der Waals surface area (Å²) in [4.78, 5) is 0. The van der Waals surface area contributed by atoms with Gasteiger partial charge in [0.25, 0.3) is 0 Å². The highest BCUT2D eigenvalue weighted by Crippen LogP contribution is 2.19. The van der Waals surface area contributed by atoms with Gasteiger partial charge in [0.15, 0.2) is 12.3 Å². The number of halogens is 4. The van der Waals surface area contributed by atoms with E-state index in [2.05, 4.69) is 6.92 Å². The number of alkyl halides is 4. The van der Waals surface area contributed by atoms with Crippen LogP contribution in [-0.2, 0) is 0 Å². The molecule has 4 heteroatoms. The van der Waals surface area contributed by atoms with Crippen molar-refractivity contribution >= 4 is 0 Å². The molecule has 18 heavy (non-hydrogen) atoms. The largest absolute Gasteiger partial charge is 0.248 e. The normalized spacial score (nSPS) is 16.5. The van der Waals surface area contributed by atoms with E-state index in [0.29, 0.717) is 6.42 Å². The monoisotopic (exact) mass is 270 g/mol. The van der Waals surface area contributed by atoms with E-state index in [4.69, 9.17) is 0 Å². The maximum Gasteiger partial charge on any atom is 0.165 e. The molecule has 0 aromatic rings. The maximum absolute atomic E-state index is 13.1. The Kier molecular flexibility index (Phi) is 11.6. The third-order valence-corrected chi connectivity index (χ3v) is 3.17. The van der Waals surface area contributed by atoms with Crippen LogP contribution < -0.4 is 0 Å². The van der Waals surface area contributed by atoms with Gasteiger partial charge < -0.3 is 0 Å². The van der Waals surface area contributed by atoms with Crippen LogP contribution in [0, 0.1) is 0 Å². The van der Waals surface area contributed by atoms with E-state index >= 15 is 0 Å². The number of unbranched alkanes of at least 4 members (excludes halogenated alkanes) is 7. The number of rotatable bonds is 12. The Balaban J connectivity index is 3.37. The molecule has 0 aliphatic carbocycles. The molecule has 0 spiro atoms. The molecule has 0 amide bonds. The van der Waals surface area contributed by atoms with Gasteiger partial charge in [-0.1, -0.05) is 58.3 Å². The molecule has 0 bridgehead atoms. The lowest BCUT2D eigenvalue weighted by atomic mass is 10.0. The first kappa shape index (κ1) is 17.7. The predicted molar refractivity (Wildman–Crippen MR) is 67.9 cm³/mol. The Morgan fingerprint density at radius 2 is 1.22 bits per heavy atom. The Bertz CT molecular complexity index is 175. The molecule has 0 saturated carbocycles. The van der Waals surface area contributed by atoms with Crippen molar-refractivity contribution in [2.45, 2.75) is 83.2 Å². The summed E-state index contributed by atoms with van der Waals surface area (Å²) in [6, 6.07) is 0. The highest BCUT2D eigenvalue weighted by atomic mass is 19.2. The van der Waals surface area contributed by atoms with E-state index < -0.39 is 25.2 Å². The van der Waals surface area contributed by atoms with E-state index in [0.717, 1.165) is 19.3 Å². The lowest BCUT2D eigenvalue weighted by Crippen LogP contribution is -2.29. The number of hydrogen-bond acceptors (Lipinski definition) is 0. The summed E-state index contributed by atoms with van der Waals surface area (Å²) in [6.45, 7) is 0.712. The molecular formula is C14H26F4. The van der Waals surface area contributed by atoms with Crippen LogP contribution in [0.25, 0.3) is 0 Å². The van der Waals surface area contributed by atoms with Gasteiger partial charge in [0.1, 0.15) is 12.8 Å². The minimum Gasteiger partial charge on any atom is -0.248 e. The molecular weight excluding hydrogens is 244 g/mol. The Morgan fingerprint density at radius 3 is 1.72 bits per heavy atom. The smallest absolute Gasteiger partial charge is 0.165 e. The fourth-order valence-electron chi connectivity index (χ4n) is 1.94. The Labute approximate surface area is 108 Å². The molecule has 110 valence electrons. The first-order valence-electron chi connectivity index (χ1n) is 7.11.